The minimum Gasteiger partial charge on any atom is -0.450 e. The molecule has 0 radical (unpaired) electrons. The zero-order valence-corrected chi connectivity index (χ0v) is 21.7. The Labute approximate surface area is 205 Å². The third kappa shape index (κ3) is 5.64. The first kappa shape index (κ1) is 25.4. The Morgan fingerprint density at radius 1 is 1.18 bits per heavy atom. The lowest BCUT2D eigenvalue weighted by molar-refractivity contribution is -0.136. The van der Waals surface area contributed by atoms with Gasteiger partial charge in [-0.15, -0.1) is 23.5 Å². The van der Waals surface area contributed by atoms with Crippen LogP contribution in [0.3, 0.4) is 0 Å². The van der Waals surface area contributed by atoms with Gasteiger partial charge in [-0.3, -0.25) is 14.3 Å². The van der Waals surface area contributed by atoms with E-state index in [-0.39, 0.29) is 17.9 Å². The molecular weight excluding hydrogens is 484 g/mol. The van der Waals surface area contributed by atoms with E-state index in [0.29, 0.717) is 54.8 Å². The number of aryl methyl sites for hydroxylation is 1. The minimum atomic E-state index is -0.546. The van der Waals surface area contributed by atoms with E-state index in [2.05, 4.69) is 14.8 Å². The quantitative estimate of drug-likeness (QED) is 0.563. The highest BCUT2D eigenvalue weighted by molar-refractivity contribution is 8.01. The summed E-state index contributed by atoms with van der Waals surface area (Å²) in [5.41, 5.74) is 1.74. The van der Waals surface area contributed by atoms with E-state index in [1.54, 1.807) is 41.4 Å². The molecule has 1 unspecified atom stereocenters. The molecule has 0 aliphatic carbocycles. The maximum atomic E-state index is 13.0. The van der Waals surface area contributed by atoms with E-state index in [1.165, 1.54) is 35.1 Å². The van der Waals surface area contributed by atoms with E-state index in [1.807, 2.05) is 12.5 Å². The van der Waals surface area contributed by atoms with Crippen molar-refractivity contribution in [2.24, 2.45) is 0 Å². The monoisotopic (exact) mass is 512 g/mol. The van der Waals surface area contributed by atoms with Crippen LogP contribution in [0.5, 0.6) is 0 Å². The summed E-state index contributed by atoms with van der Waals surface area (Å²) in [6.07, 6.45) is 5.13. The number of thioether (sulfide) groups is 2. The van der Waals surface area contributed by atoms with Gasteiger partial charge in [0.1, 0.15) is 11.1 Å². The third-order valence-corrected chi connectivity index (χ3v) is 8.01. The van der Waals surface area contributed by atoms with Crippen LogP contribution in [0.1, 0.15) is 35.9 Å². The van der Waals surface area contributed by atoms with Crippen LogP contribution in [-0.4, -0.2) is 87.2 Å². The number of ether oxygens (including phenoxy) is 1. The van der Waals surface area contributed by atoms with Crippen LogP contribution in [-0.2, 0) is 9.53 Å². The number of piperazine rings is 1. The van der Waals surface area contributed by atoms with Crippen LogP contribution in [0.2, 0.25) is 0 Å². The highest BCUT2D eigenvalue weighted by Crippen LogP contribution is 2.33. The molecule has 1 aliphatic heterocycles. The highest BCUT2D eigenvalue weighted by atomic mass is 32.2. The lowest BCUT2D eigenvalue weighted by Crippen LogP contribution is -2.52. The van der Waals surface area contributed by atoms with E-state index in [0.717, 1.165) is 4.21 Å². The molecule has 1 saturated heterocycles. The van der Waals surface area contributed by atoms with Crippen molar-refractivity contribution in [1.29, 1.82) is 0 Å². The maximum Gasteiger partial charge on any atom is 0.409 e. The van der Waals surface area contributed by atoms with Crippen molar-refractivity contribution in [2.45, 2.75) is 36.0 Å². The molecule has 3 amide bonds. The Hall–Kier alpha value is -2.25. The van der Waals surface area contributed by atoms with Crippen molar-refractivity contribution in [1.82, 2.24) is 24.0 Å². The molecule has 0 saturated carbocycles. The second-order valence-corrected chi connectivity index (χ2v) is 9.95. The molecular formula is C20H28N6O4S3. The predicted octanol–water partition coefficient (Wildman–Crippen LogP) is 3.21. The number of amides is 3. The molecule has 3 rings (SSSR count). The smallest absolute Gasteiger partial charge is 0.409 e. The van der Waals surface area contributed by atoms with Crippen molar-refractivity contribution in [2.75, 3.05) is 50.6 Å². The molecule has 3 heterocycles. The Balaban J connectivity index is 1.66. The first-order valence-corrected chi connectivity index (χ1v) is 13.7. The number of rotatable bonds is 7. The van der Waals surface area contributed by atoms with Crippen LogP contribution in [0.15, 0.2) is 15.4 Å². The van der Waals surface area contributed by atoms with E-state index in [9.17, 15) is 14.4 Å². The molecule has 180 valence electrons. The SMILES string of the molecule is CCOC(=O)N1CCN(C(=O)C(C)n2cc(NC(=O)c3c(SC)nsc3SC)c(C)n2)CC1. The van der Waals surface area contributed by atoms with Gasteiger partial charge in [0.15, 0.2) is 0 Å². The number of hydrogen-bond acceptors (Lipinski definition) is 9. The first-order chi connectivity index (χ1) is 15.8. The molecule has 1 fully saturated rings. The molecule has 1 atom stereocenters. The van der Waals surface area contributed by atoms with Gasteiger partial charge < -0.3 is 19.9 Å². The van der Waals surface area contributed by atoms with Crippen molar-refractivity contribution in [3.8, 4) is 0 Å². The largest absolute Gasteiger partial charge is 0.450 e. The van der Waals surface area contributed by atoms with Crippen molar-refractivity contribution >= 4 is 58.7 Å². The number of nitrogens with zero attached hydrogens (tertiary/aromatic N) is 5. The fraction of sp³-hybridized carbons (Fsp3) is 0.550. The van der Waals surface area contributed by atoms with Gasteiger partial charge >= 0.3 is 6.09 Å². The average Bonchev–Trinajstić information content (AvgIpc) is 3.41. The number of hydrogen-bond donors (Lipinski definition) is 1. The Morgan fingerprint density at radius 2 is 1.85 bits per heavy atom. The normalized spacial score (nSPS) is 14.8. The van der Waals surface area contributed by atoms with Gasteiger partial charge in [-0.1, -0.05) is 0 Å². The molecule has 2 aromatic heterocycles. The van der Waals surface area contributed by atoms with Crippen molar-refractivity contribution < 1.29 is 19.1 Å². The Kier molecular flexibility index (Phi) is 8.65. The fourth-order valence-electron chi connectivity index (χ4n) is 3.42. The van der Waals surface area contributed by atoms with Crippen molar-refractivity contribution in [3.05, 3.63) is 17.5 Å². The number of anilines is 1. The second-order valence-electron chi connectivity index (χ2n) is 7.31. The molecule has 10 nitrogen and oxygen atoms in total. The fourth-order valence-corrected chi connectivity index (χ4v) is 5.70. The van der Waals surface area contributed by atoms with E-state index >= 15 is 0 Å². The lowest BCUT2D eigenvalue weighted by atomic mass is 10.2. The summed E-state index contributed by atoms with van der Waals surface area (Å²) < 4.78 is 11.8. The number of carbonyl (C=O) groups is 3. The molecule has 2 aromatic rings. The maximum absolute atomic E-state index is 13.0. The van der Waals surface area contributed by atoms with Crippen molar-refractivity contribution in [3.63, 3.8) is 0 Å². The van der Waals surface area contributed by atoms with Gasteiger partial charge in [-0.05, 0) is 44.8 Å². The average molecular weight is 513 g/mol. The second kappa shape index (κ2) is 11.3. The van der Waals surface area contributed by atoms with Crippen LogP contribution in [0, 0.1) is 6.92 Å². The van der Waals surface area contributed by atoms with Crippen LogP contribution in [0.25, 0.3) is 0 Å². The van der Waals surface area contributed by atoms with Gasteiger partial charge in [-0.25, -0.2) is 4.79 Å². The lowest BCUT2D eigenvalue weighted by Gasteiger charge is -2.35. The standard InChI is InChI=1S/C20H28N6O4S3/c1-6-30-20(29)25-9-7-24(8-10-25)18(28)13(3)26-11-14(12(2)22-26)21-16(27)15-17(31-4)23-33-19(15)32-5/h11,13H,6-10H2,1-5H3,(H,21,27). The first-order valence-electron chi connectivity index (χ1n) is 10.5. The van der Waals surface area contributed by atoms with Gasteiger partial charge in [0.05, 0.1) is 27.8 Å². The zero-order chi connectivity index (χ0) is 24.1. The number of aromatic nitrogens is 3. The van der Waals surface area contributed by atoms with Gasteiger partial charge in [0.25, 0.3) is 5.91 Å². The summed E-state index contributed by atoms with van der Waals surface area (Å²) in [6, 6.07) is -0.546. The zero-order valence-electron chi connectivity index (χ0n) is 19.3. The summed E-state index contributed by atoms with van der Waals surface area (Å²) >= 11 is 4.22. The minimum absolute atomic E-state index is 0.0877. The summed E-state index contributed by atoms with van der Waals surface area (Å²) in [5, 5.41) is 8.07. The van der Waals surface area contributed by atoms with Crippen LogP contribution >= 0.6 is 35.1 Å². The van der Waals surface area contributed by atoms with Gasteiger partial charge in [0.2, 0.25) is 5.91 Å². The van der Waals surface area contributed by atoms with E-state index in [4.69, 9.17) is 4.74 Å². The third-order valence-electron chi connectivity index (χ3n) is 5.27. The molecule has 0 bridgehead atoms. The number of carbonyl (C=O) groups excluding carboxylic acids is 3. The number of nitrogens with one attached hydrogen (secondary N) is 1. The molecule has 1 N–H and O–H groups in total. The van der Waals surface area contributed by atoms with Crippen LogP contribution in [0.4, 0.5) is 10.5 Å². The van der Waals surface area contributed by atoms with Gasteiger partial charge in [0, 0.05) is 32.4 Å². The molecule has 33 heavy (non-hydrogen) atoms. The Morgan fingerprint density at radius 3 is 2.45 bits per heavy atom. The summed E-state index contributed by atoms with van der Waals surface area (Å²) in [5.74, 6) is -0.329. The molecule has 0 aromatic carbocycles. The summed E-state index contributed by atoms with van der Waals surface area (Å²) in [7, 11) is 0. The molecule has 13 heteroatoms. The summed E-state index contributed by atoms with van der Waals surface area (Å²) in [6.45, 7) is 7.39. The highest BCUT2D eigenvalue weighted by Gasteiger charge is 2.29. The van der Waals surface area contributed by atoms with Gasteiger partial charge in [-0.2, -0.15) is 9.47 Å². The molecule has 0 spiro atoms. The van der Waals surface area contributed by atoms with E-state index < -0.39 is 6.04 Å². The van der Waals surface area contributed by atoms with Crippen LogP contribution < -0.4 is 5.32 Å². The molecule has 1 aliphatic rings. The predicted molar refractivity (Wildman–Crippen MR) is 130 cm³/mol. The Bertz CT molecular complexity index is 994. The topological polar surface area (TPSA) is 110 Å². The summed E-state index contributed by atoms with van der Waals surface area (Å²) in [4.78, 5) is 41.2.